The fourth-order valence-electron chi connectivity index (χ4n) is 1.64. The van der Waals surface area contributed by atoms with Gasteiger partial charge >= 0.3 is 0 Å². The van der Waals surface area contributed by atoms with Gasteiger partial charge in [0.05, 0.1) is 6.10 Å². The van der Waals surface area contributed by atoms with Crippen molar-refractivity contribution in [2.75, 3.05) is 0 Å². The second-order valence-corrected chi connectivity index (χ2v) is 5.93. The Balaban J connectivity index is 2.33. The summed E-state index contributed by atoms with van der Waals surface area (Å²) in [5.74, 6) is -1.93. The van der Waals surface area contributed by atoms with E-state index in [1.807, 2.05) is 0 Å². The molecule has 0 amide bonds. The minimum atomic E-state index is -1.05. The van der Waals surface area contributed by atoms with Crippen LogP contribution in [0.25, 0.3) is 0 Å². The minimum Gasteiger partial charge on any atom is -0.454 e. The molecule has 0 aromatic heterocycles. The second kappa shape index (κ2) is 6.20. The third-order valence-corrected chi connectivity index (χ3v) is 3.75. The van der Waals surface area contributed by atoms with Crippen LogP contribution in [0.15, 0.2) is 39.3 Å². The fourth-order valence-corrected chi connectivity index (χ4v) is 2.74. The van der Waals surface area contributed by atoms with Gasteiger partial charge < -0.3 is 9.84 Å². The smallest absolute Gasteiger partial charge is 0.201 e. The second-order valence-electron chi connectivity index (χ2n) is 4.16. The monoisotopic (exact) mass is 406 g/mol. The van der Waals surface area contributed by atoms with Crippen LogP contribution in [-0.2, 0) is 0 Å². The van der Waals surface area contributed by atoms with Crippen LogP contribution in [0, 0.1) is 11.6 Å². The Kier molecular flexibility index (Phi) is 4.78. The van der Waals surface area contributed by atoms with E-state index in [1.165, 1.54) is 6.07 Å². The highest BCUT2D eigenvalue weighted by atomic mass is 79.9. The van der Waals surface area contributed by atoms with Crippen LogP contribution in [0.1, 0.15) is 18.6 Å². The van der Waals surface area contributed by atoms with Crippen LogP contribution in [-0.4, -0.2) is 5.11 Å². The van der Waals surface area contributed by atoms with E-state index < -0.39 is 17.7 Å². The fraction of sp³-hybridized carbons (Fsp3) is 0.143. The van der Waals surface area contributed by atoms with Crippen LogP contribution in [0.3, 0.4) is 0 Å². The predicted octanol–water partition coefficient (Wildman–Crippen LogP) is 5.34. The molecule has 0 fully saturated rings. The lowest BCUT2D eigenvalue weighted by atomic mass is 10.1. The van der Waals surface area contributed by atoms with Crippen molar-refractivity contribution < 1.29 is 18.6 Å². The Hall–Kier alpha value is -0.980. The summed E-state index contributed by atoms with van der Waals surface area (Å²) in [6.07, 6.45) is -0.640. The van der Waals surface area contributed by atoms with Crippen molar-refractivity contribution in [2.24, 2.45) is 0 Å². The van der Waals surface area contributed by atoms with E-state index in [9.17, 15) is 13.9 Å². The summed E-state index contributed by atoms with van der Waals surface area (Å²) >= 11 is 6.37. The molecule has 0 saturated carbocycles. The van der Waals surface area contributed by atoms with Gasteiger partial charge in [0.25, 0.3) is 0 Å². The molecule has 2 nitrogen and oxygen atoms in total. The van der Waals surface area contributed by atoms with Crippen LogP contribution < -0.4 is 4.74 Å². The average Bonchev–Trinajstić information content (AvgIpc) is 2.35. The third kappa shape index (κ3) is 3.37. The first-order chi connectivity index (χ1) is 9.38. The summed E-state index contributed by atoms with van der Waals surface area (Å²) in [5.41, 5.74) is 0.679. The largest absolute Gasteiger partial charge is 0.454 e. The van der Waals surface area contributed by atoms with E-state index in [1.54, 1.807) is 25.1 Å². The van der Waals surface area contributed by atoms with E-state index in [-0.39, 0.29) is 5.75 Å². The van der Waals surface area contributed by atoms with Crippen molar-refractivity contribution in [3.8, 4) is 11.5 Å². The van der Waals surface area contributed by atoms with Gasteiger partial charge in [-0.25, -0.2) is 4.39 Å². The molecule has 0 radical (unpaired) electrons. The first kappa shape index (κ1) is 15.4. The van der Waals surface area contributed by atoms with Gasteiger partial charge in [-0.15, -0.1) is 0 Å². The van der Waals surface area contributed by atoms with Gasteiger partial charge in [0.2, 0.25) is 5.82 Å². The highest BCUT2D eigenvalue weighted by Gasteiger charge is 2.13. The van der Waals surface area contributed by atoms with E-state index in [0.717, 1.165) is 6.07 Å². The molecule has 0 aliphatic carbocycles. The van der Waals surface area contributed by atoms with Crippen molar-refractivity contribution in [3.63, 3.8) is 0 Å². The molecule has 6 heteroatoms. The first-order valence-corrected chi connectivity index (χ1v) is 7.27. The van der Waals surface area contributed by atoms with Crippen molar-refractivity contribution in [1.82, 2.24) is 0 Å². The molecule has 1 atom stereocenters. The Bertz CT molecular complexity index is 645. The zero-order valence-corrected chi connectivity index (χ0v) is 13.5. The van der Waals surface area contributed by atoms with Gasteiger partial charge in [0, 0.05) is 8.95 Å². The summed E-state index contributed by atoms with van der Waals surface area (Å²) in [4.78, 5) is 0. The molecule has 0 saturated heterocycles. The van der Waals surface area contributed by atoms with Crippen LogP contribution in [0.2, 0.25) is 0 Å². The average molecular weight is 408 g/mol. The van der Waals surface area contributed by atoms with Crippen LogP contribution >= 0.6 is 31.9 Å². The molecule has 2 rings (SSSR count). The van der Waals surface area contributed by atoms with Crippen molar-refractivity contribution in [2.45, 2.75) is 13.0 Å². The van der Waals surface area contributed by atoms with E-state index >= 15 is 0 Å². The molecule has 0 unspecified atom stereocenters. The molecular weight excluding hydrogens is 398 g/mol. The summed E-state index contributed by atoms with van der Waals surface area (Å²) < 4.78 is 33.2. The normalized spacial score (nSPS) is 12.3. The summed E-state index contributed by atoms with van der Waals surface area (Å²) in [6, 6.07) is 7.17. The van der Waals surface area contributed by atoms with E-state index in [2.05, 4.69) is 31.9 Å². The van der Waals surface area contributed by atoms with E-state index in [4.69, 9.17) is 4.74 Å². The zero-order chi connectivity index (χ0) is 14.9. The maximum absolute atomic E-state index is 13.6. The number of hydrogen-bond acceptors (Lipinski definition) is 2. The molecule has 20 heavy (non-hydrogen) atoms. The first-order valence-electron chi connectivity index (χ1n) is 5.68. The lowest BCUT2D eigenvalue weighted by molar-refractivity contribution is 0.198. The van der Waals surface area contributed by atoms with Crippen LogP contribution in [0.5, 0.6) is 11.5 Å². The summed E-state index contributed by atoms with van der Waals surface area (Å²) in [7, 11) is 0. The Morgan fingerprint density at radius 3 is 2.45 bits per heavy atom. The predicted molar refractivity (Wildman–Crippen MR) is 78.9 cm³/mol. The Morgan fingerprint density at radius 1 is 1.15 bits per heavy atom. The number of aliphatic hydroxyl groups excluding tert-OH is 1. The maximum Gasteiger partial charge on any atom is 0.201 e. The number of benzene rings is 2. The maximum atomic E-state index is 13.6. The number of ether oxygens (including phenoxy) is 1. The van der Waals surface area contributed by atoms with Gasteiger partial charge in [0.15, 0.2) is 11.6 Å². The SMILES string of the molecule is C[C@H](O)c1ccc(Oc2cc(Br)cc(F)c2F)cc1Br. The van der Waals surface area contributed by atoms with E-state index in [0.29, 0.717) is 20.3 Å². The number of rotatable bonds is 3. The Labute approximate surface area is 131 Å². The van der Waals surface area contributed by atoms with Gasteiger partial charge in [-0.3, -0.25) is 0 Å². The Morgan fingerprint density at radius 2 is 1.85 bits per heavy atom. The van der Waals surface area contributed by atoms with Gasteiger partial charge in [0.1, 0.15) is 5.75 Å². The summed E-state index contributed by atoms with van der Waals surface area (Å²) in [6.45, 7) is 1.63. The van der Waals surface area contributed by atoms with Gasteiger partial charge in [-0.1, -0.05) is 37.9 Å². The quantitative estimate of drug-likeness (QED) is 0.696. The summed E-state index contributed by atoms with van der Waals surface area (Å²) in [5, 5.41) is 9.52. The molecule has 0 heterocycles. The number of aliphatic hydroxyl groups is 1. The topological polar surface area (TPSA) is 29.5 Å². The lowest BCUT2D eigenvalue weighted by Gasteiger charge is -2.11. The van der Waals surface area contributed by atoms with Crippen molar-refractivity contribution in [3.05, 3.63) is 56.5 Å². The van der Waals surface area contributed by atoms with Crippen molar-refractivity contribution >= 4 is 31.9 Å². The molecule has 2 aromatic carbocycles. The van der Waals surface area contributed by atoms with Crippen LogP contribution in [0.4, 0.5) is 8.78 Å². The number of hydrogen-bond donors (Lipinski definition) is 1. The highest BCUT2D eigenvalue weighted by molar-refractivity contribution is 9.10. The number of halogens is 4. The molecule has 1 N–H and O–H groups in total. The standard InChI is InChI=1S/C14H10Br2F2O2/c1-7(19)10-3-2-9(6-11(10)16)20-13-5-8(15)4-12(17)14(13)18/h2-7,19H,1H3/t7-/m0/s1. The minimum absolute atomic E-state index is 0.214. The molecule has 0 aliphatic rings. The molecule has 0 aliphatic heterocycles. The molecule has 0 spiro atoms. The van der Waals surface area contributed by atoms with Gasteiger partial charge in [-0.05, 0) is 36.8 Å². The molecular formula is C14H10Br2F2O2. The molecule has 0 bridgehead atoms. The lowest BCUT2D eigenvalue weighted by Crippen LogP contribution is -1.95. The van der Waals surface area contributed by atoms with Gasteiger partial charge in [-0.2, -0.15) is 4.39 Å². The van der Waals surface area contributed by atoms with Crippen molar-refractivity contribution in [1.29, 1.82) is 0 Å². The zero-order valence-electron chi connectivity index (χ0n) is 10.3. The third-order valence-electron chi connectivity index (χ3n) is 2.61. The highest BCUT2D eigenvalue weighted by Crippen LogP contribution is 2.33. The molecule has 2 aromatic rings. The molecule has 106 valence electrons.